The molecule has 1 fully saturated rings. The highest BCUT2D eigenvalue weighted by Gasteiger charge is 2.19. The molecule has 1 aromatic rings. The topological polar surface area (TPSA) is 65.2 Å². The second kappa shape index (κ2) is 5.14. The normalized spacial score (nSPS) is 20.4. The summed E-state index contributed by atoms with van der Waals surface area (Å²) in [5.74, 6) is 0.405. The minimum Gasteiger partial charge on any atom is -0.352 e. The molecular weight excluding hydrogens is 218 g/mol. The molecule has 2 N–H and O–H groups in total. The fourth-order valence-corrected chi connectivity index (χ4v) is 2.08. The zero-order valence-electron chi connectivity index (χ0n) is 9.90. The van der Waals surface area contributed by atoms with Gasteiger partial charge in [0.25, 0.3) is 5.91 Å². The van der Waals surface area contributed by atoms with E-state index >= 15 is 0 Å². The van der Waals surface area contributed by atoms with Gasteiger partial charge in [0.05, 0.1) is 5.56 Å². The van der Waals surface area contributed by atoms with Gasteiger partial charge < -0.3 is 15.2 Å². The number of H-pyrrole nitrogens is 1. The molecule has 0 bridgehead atoms. The number of rotatable bonds is 3. The van der Waals surface area contributed by atoms with Crippen LogP contribution in [0, 0.1) is 5.92 Å². The van der Waals surface area contributed by atoms with Crippen molar-refractivity contribution in [2.45, 2.75) is 6.42 Å². The predicted octanol–water partition coefficient (Wildman–Crippen LogP) is 0.0564. The highest BCUT2D eigenvalue weighted by molar-refractivity contribution is 5.93. The Labute approximate surface area is 99.8 Å². The molecule has 0 aromatic carbocycles. The third-order valence-corrected chi connectivity index (χ3v) is 3.09. The van der Waals surface area contributed by atoms with Crippen molar-refractivity contribution in [2.24, 2.45) is 5.92 Å². The lowest BCUT2D eigenvalue weighted by atomic mass is 10.1. The number of carbonyl (C=O) groups excluding carboxylic acids is 1. The second-order valence-corrected chi connectivity index (χ2v) is 4.57. The van der Waals surface area contributed by atoms with E-state index in [1.165, 1.54) is 18.3 Å². The van der Waals surface area contributed by atoms with Crippen LogP contribution in [0.3, 0.4) is 0 Å². The van der Waals surface area contributed by atoms with Crippen molar-refractivity contribution in [1.29, 1.82) is 0 Å². The molecule has 0 spiro atoms. The van der Waals surface area contributed by atoms with Gasteiger partial charge >= 0.3 is 0 Å². The van der Waals surface area contributed by atoms with Crippen molar-refractivity contribution in [2.75, 3.05) is 26.7 Å². The Balaban J connectivity index is 1.85. The van der Waals surface area contributed by atoms with Gasteiger partial charge in [-0.25, -0.2) is 0 Å². The van der Waals surface area contributed by atoms with Crippen LogP contribution in [0.1, 0.15) is 16.8 Å². The average Bonchev–Trinajstić information content (AvgIpc) is 2.73. The fourth-order valence-electron chi connectivity index (χ4n) is 2.08. The average molecular weight is 235 g/mol. The van der Waals surface area contributed by atoms with Crippen molar-refractivity contribution in [3.63, 3.8) is 0 Å². The Kier molecular flexibility index (Phi) is 3.58. The predicted molar refractivity (Wildman–Crippen MR) is 65.0 cm³/mol. The number of nitrogens with zero attached hydrogens (tertiary/aromatic N) is 1. The van der Waals surface area contributed by atoms with Crippen LogP contribution in [-0.2, 0) is 0 Å². The number of likely N-dealkylation sites (tertiary alicyclic amines) is 1. The Morgan fingerprint density at radius 2 is 2.41 bits per heavy atom. The Morgan fingerprint density at radius 1 is 1.59 bits per heavy atom. The summed E-state index contributed by atoms with van der Waals surface area (Å²) >= 11 is 0. The SMILES string of the molecule is CN1CCC(CNC(=O)c2ccc(=O)[nH]c2)C1. The van der Waals surface area contributed by atoms with E-state index < -0.39 is 0 Å². The summed E-state index contributed by atoms with van der Waals surface area (Å²) in [6, 6.07) is 2.90. The molecule has 0 aliphatic carbocycles. The summed E-state index contributed by atoms with van der Waals surface area (Å²) in [4.78, 5) is 27.4. The third-order valence-electron chi connectivity index (χ3n) is 3.09. The maximum Gasteiger partial charge on any atom is 0.252 e. The zero-order valence-corrected chi connectivity index (χ0v) is 9.90. The summed E-state index contributed by atoms with van der Waals surface area (Å²) in [5.41, 5.74) is 0.301. The lowest BCUT2D eigenvalue weighted by molar-refractivity contribution is 0.0947. The highest BCUT2D eigenvalue weighted by atomic mass is 16.1. The molecule has 1 saturated heterocycles. The number of hydrogen-bond donors (Lipinski definition) is 2. The van der Waals surface area contributed by atoms with Crippen molar-refractivity contribution in [3.05, 3.63) is 34.2 Å². The van der Waals surface area contributed by atoms with Gasteiger partial charge in [0.2, 0.25) is 5.56 Å². The summed E-state index contributed by atoms with van der Waals surface area (Å²) in [7, 11) is 2.09. The first-order valence-corrected chi connectivity index (χ1v) is 5.80. The van der Waals surface area contributed by atoms with Gasteiger partial charge in [-0.15, -0.1) is 0 Å². The molecule has 17 heavy (non-hydrogen) atoms. The minimum absolute atomic E-state index is 0.129. The van der Waals surface area contributed by atoms with Gasteiger partial charge in [-0.2, -0.15) is 0 Å². The number of aromatic amines is 1. The standard InChI is InChI=1S/C12H17N3O2/c1-15-5-4-9(8-15)6-14-12(17)10-2-3-11(16)13-7-10/h2-3,7,9H,4-6,8H2,1H3,(H,13,16)(H,14,17). The van der Waals surface area contributed by atoms with E-state index in [0.717, 1.165) is 19.5 Å². The van der Waals surface area contributed by atoms with Gasteiger partial charge in [0.15, 0.2) is 0 Å². The van der Waals surface area contributed by atoms with Gasteiger partial charge in [0, 0.05) is 25.4 Å². The zero-order chi connectivity index (χ0) is 12.3. The van der Waals surface area contributed by atoms with E-state index in [-0.39, 0.29) is 11.5 Å². The fraction of sp³-hybridized carbons (Fsp3) is 0.500. The van der Waals surface area contributed by atoms with Crippen LogP contribution in [0.25, 0.3) is 0 Å². The van der Waals surface area contributed by atoms with E-state index in [4.69, 9.17) is 0 Å². The number of aromatic nitrogens is 1. The molecule has 2 rings (SSSR count). The van der Waals surface area contributed by atoms with Gasteiger partial charge in [-0.1, -0.05) is 0 Å². The summed E-state index contributed by atoms with van der Waals surface area (Å²) in [5, 5.41) is 2.89. The lowest BCUT2D eigenvalue weighted by Gasteiger charge is -2.11. The van der Waals surface area contributed by atoms with E-state index in [1.54, 1.807) is 0 Å². The monoisotopic (exact) mass is 235 g/mol. The van der Waals surface area contributed by atoms with Crippen LogP contribution >= 0.6 is 0 Å². The molecule has 5 heteroatoms. The number of nitrogens with one attached hydrogen (secondary N) is 2. The van der Waals surface area contributed by atoms with Crippen molar-refractivity contribution in [3.8, 4) is 0 Å². The smallest absolute Gasteiger partial charge is 0.252 e. The first-order chi connectivity index (χ1) is 8.15. The number of pyridine rings is 1. The largest absolute Gasteiger partial charge is 0.352 e. The second-order valence-electron chi connectivity index (χ2n) is 4.57. The van der Waals surface area contributed by atoms with Crippen molar-refractivity contribution >= 4 is 5.91 Å². The molecule has 1 atom stereocenters. The van der Waals surface area contributed by atoms with E-state index in [9.17, 15) is 9.59 Å². The third kappa shape index (κ3) is 3.17. The van der Waals surface area contributed by atoms with Crippen LogP contribution < -0.4 is 10.9 Å². The van der Waals surface area contributed by atoms with Crippen LogP contribution in [0.5, 0.6) is 0 Å². The Morgan fingerprint density at radius 3 is 3.00 bits per heavy atom. The van der Waals surface area contributed by atoms with Crippen LogP contribution in [0.2, 0.25) is 0 Å². The maximum absolute atomic E-state index is 11.7. The van der Waals surface area contributed by atoms with Crippen LogP contribution in [0.4, 0.5) is 0 Å². The first kappa shape index (κ1) is 11.9. The molecule has 92 valence electrons. The Hall–Kier alpha value is -1.62. The van der Waals surface area contributed by atoms with E-state index in [2.05, 4.69) is 22.2 Å². The molecule has 0 radical (unpaired) electrons. The molecule has 0 saturated carbocycles. The molecular formula is C12H17N3O2. The highest BCUT2D eigenvalue weighted by Crippen LogP contribution is 2.12. The number of amides is 1. The molecule has 1 aromatic heterocycles. The summed E-state index contributed by atoms with van der Waals surface area (Å²) in [6.07, 6.45) is 2.57. The molecule has 1 aliphatic heterocycles. The van der Waals surface area contributed by atoms with Gasteiger partial charge in [0.1, 0.15) is 0 Å². The maximum atomic E-state index is 11.7. The summed E-state index contributed by atoms with van der Waals surface area (Å²) in [6.45, 7) is 2.83. The Bertz CT molecular complexity index is 435. The molecule has 1 unspecified atom stereocenters. The number of carbonyl (C=O) groups is 1. The molecule has 1 amide bonds. The van der Waals surface area contributed by atoms with Crippen LogP contribution in [-0.4, -0.2) is 42.5 Å². The van der Waals surface area contributed by atoms with E-state index in [1.807, 2.05) is 0 Å². The first-order valence-electron chi connectivity index (χ1n) is 5.80. The molecule has 2 heterocycles. The quantitative estimate of drug-likeness (QED) is 0.778. The molecule has 1 aliphatic rings. The van der Waals surface area contributed by atoms with E-state index in [0.29, 0.717) is 18.0 Å². The summed E-state index contributed by atoms with van der Waals surface area (Å²) < 4.78 is 0. The van der Waals surface area contributed by atoms with Crippen LogP contribution in [0.15, 0.2) is 23.1 Å². The van der Waals surface area contributed by atoms with Gasteiger partial charge in [-0.3, -0.25) is 9.59 Å². The molecule has 5 nitrogen and oxygen atoms in total. The minimum atomic E-state index is -0.195. The van der Waals surface area contributed by atoms with Crippen molar-refractivity contribution < 1.29 is 4.79 Å². The number of hydrogen-bond acceptors (Lipinski definition) is 3. The van der Waals surface area contributed by atoms with Gasteiger partial charge in [-0.05, 0) is 32.0 Å². The van der Waals surface area contributed by atoms with Crippen molar-refractivity contribution in [1.82, 2.24) is 15.2 Å². The lowest BCUT2D eigenvalue weighted by Crippen LogP contribution is -2.30.